The minimum absolute atomic E-state index is 0.195. The third-order valence-corrected chi connectivity index (χ3v) is 5.70. The van der Waals surface area contributed by atoms with Crippen molar-refractivity contribution in [1.82, 2.24) is 9.97 Å². The Hall–Kier alpha value is -3.31. The van der Waals surface area contributed by atoms with Crippen LogP contribution in [0.5, 0.6) is 0 Å². The topological polar surface area (TPSA) is 84.0 Å². The summed E-state index contributed by atoms with van der Waals surface area (Å²) < 4.78 is 39.2. The number of hydrogen-bond acceptors (Lipinski definition) is 6. The molecule has 0 aliphatic heterocycles. The first-order valence-electron chi connectivity index (χ1n) is 8.84. The lowest BCUT2D eigenvalue weighted by Crippen LogP contribution is -2.15. The second-order valence-electron chi connectivity index (χ2n) is 6.45. The van der Waals surface area contributed by atoms with Crippen LogP contribution in [-0.4, -0.2) is 21.8 Å². The highest BCUT2D eigenvalue weighted by molar-refractivity contribution is 7.22. The minimum Gasteiger partial charge on any atom is -0.326 e. The Bertz CT molecular complexity index is 1250. The Morgan fingerprint density at radius 2 is 1.90 bits per heavy atom. The van der Waals surface area contributed by atoms with Gasteiger partial charge in [0.05, 0.1) is 27.7 Å². The zero-order valence-electron chi connectivity index (χ0n) is 15.6. The van der Waals surface area contributed by atoms with Crippen molar-refractivity contribution in [2.75, 3.05) is 10.6 Å². The van der Waals surface area contributed by atoms with Crippen LogP contribution in [-0.2, 0) is 17.4 Å². The zero-order valence-corrected chi connectivity index (χ0v) is 17.2. The number of nitrogens with one attached hydrogen (secondary N) is 2. The van der Waals surface area contributed by atoms with Crippen LogP contribution in [0, 0.1) is 0 Å². The second-order valence-corrected chi connectivity index (χ2v) is 8.20. The van der Waals surface area contributed by atoms with Gasteiger partial charge in [-0.3, -0.25) is 14.9 Å². The Morgan fingerprint density at radius 1 is 1.06 bits per heavy atom. The standard InChI is InChI=1S/C20H13F3N4O2S2/c21-20(22,23)12-3-1-2-11(6-12)7-17(28)25-13-4-5-14-16(8-13)31-19(26-14)27-18(29)15-9-30-10-24-15/h1-6,8-10H,7H2,(H,25,28)(H,26,27,29). The van der Waals surface area contributed by atoms with E-state index < -0.39 is 17.6 Å². The molecule has 4 aromatic rings. The summed E-state index contributed by atoms with van der Waals surface area (Å²) >= 11 is 2.54. The first kappa shape index (κ1) is 20.9. The summed E-state index contributed by atoms with van der Waals surface area (Å²) in [5.41, 5.74) is 2.43. The van der Waals surface area contributed by atoms with E-state index in [4.69, 9.17) is 0 Å². The second kappa shape index (κ2) is 8.44. The molecule has 0 atom stereocenters. The molecule has 4 rings (SSSR count). The van der Waals surface area contributed by atoms with Gasteiger partial charge in [-0.05, 0) is 29.8 Å². The molecular formula is C20H13F3N4O2S2. The summed E-state index contributed by atoms with van der Waals surface area (Å²) in [6, 6.07) is 9.68. The van der Waals surface area contributed by atoms with Crippen molar-refractivity contribution in [1.29, 1.82) is 0 Å². The van der Waals surface area contributed by atoms with Crippen LogP contribution in [0.2, 0.25) is 0 Å². The number of rotatable bonds is 5. The minimum atomic E-state index is -4.46. The molecule has 158 valence electrons. The number of benzene rings is 2. The summed E-state index contributed by atoms with van der Waals surface area (Å²) in [4.78, 5) is 32.7. The van der Waals surface area contributed by atoms with Crippen LogP contribution in [0.3, 0.4) is 0 Å². The van der Waals surface area contributed by atoms with Crippen LogP contribution in [0.1, 0.15) is 21.6 Å². The fourth-order valence-electron chi connectivity index (χ4n) is 2.79. The number of hydrogen-bond donors (Lipinski definition) is 2. The molecule has 2 N–H and O–H groups in total. The molecule has 11 heteroatoms. The highest BCUT2D eigenvalue weighted by Gasteiger charge is 2.30. The van der Waals surface area contributed by atoms with E-state index in [9.17, 15) is 22.8 Å². The van der Waals surface area contributed by atoms with Gasteiger partial charge in [0.25, 0.3) is 5.91 Å². The van der Waals surface area contributed by atoms with Gasteiger partial charge in [0.2, 0.25) is 5.91 Å². The first-order chi connectivity index (χ1) is 14.8. The van der Waals surface area contributed by atoms with E-state index in [1.807, 2.05) is 0 Å². The SMILES string of the molecule is O=C(Cc1cccc(C(F)(F)F)c1)Nc1ccc2nc(NC(=O)c3cscn3)sc2c1. The highest BCUT2D eigenvalue weighted by Crippen LogP contribution is 2.30. The zero-order chi connectivity index (χ0) is 22.0. The number of carbonyl (C=O) groups is 2. The molecule has 0 aliphatic rings. The van der Waals surface area contributed by atoms with Gasteiger partial charge in [0, 0.05) is 11.1 Å². The molecular weight excluding hydrogens is 449 g/mol. The van der Waals surface area contributed by atoms with E-state index >= 15 is 0 Å². The summed E-state index contributed by atoms with van der Waals surface area (Å²) in [6.07, 6.45) is -4.66. The summed E-state index contributed by atoms with van der Waals surface area (Å²) in [5.74, 6) is -0.810. The van der Waals surface area contributed by atoms with Gasteiger partial charge in [-0.15, -0.1) is 11.3 Å². The lowest BCUT2D eigenvalue weighted by atomic mass is 10.1. The number of nitrogens with zero attached hydrogens (tertiary/aromatic N) is 2. The Balaban J connectivity index is 1.44. The van der Waals surface area contributed by atoms with Crippen LogP contribution in [0.15, 0.2) is 53.4 Å². The molecule has 31 heavy (non-hydrogen) atoms. The summed E-state index contributed by atoms with van der Waals surface area (Å²) in [5, 5.41) is 7.37. The molecule has 2 amide bonds. The van der Waals surface area contributed by atoms with Crippen molar-refractivity contribution in [3.8, 4) is 0 Å². The molecule has 0 radical (unpaired) electrons. The van der Waals surface area contributed by atoms with Gasteiger partial charge >= 0.3 is 6.18 Å². The fraction of sp³-hybridized carbons (Fsp3) is 0.100. The average Bonchev–Trinajstić information content (AvgIpc) is 3.36. The largest absolute Gasteiger partial charge is 0.416 e. The average molecular weight is 462 g/mol. The van der Waals surface area contributed by atoms with Crippen molar-refractivity contribution >= 4 is 55.5 Å². The summed E-state index contributed by atoms with van der Waals surface area (Å²) in [7, 11) is 0. The smallest absolute Gasteiger partial charge is 0.326 e. The van der Waals surface area contributed by atoms with Crippen molar-refractivity contribution in [2.45, 2.75) is 12.6 Å². The van der Waals surface area contributed by atoms with Crippen LogP contribution >= 0.6 is 22.7 Å². The normalized spacial score (nSPS) is 11.5. The van der Waals surface area contributed by atoms with Crippen molar-refractivity contribution in [3.63, 3.8) is 0 Å². The number of anilines is 2. The number of halogens is 3. The third kappa shape index (κ3) is 5.06. The van der Waals surface area contributed by atoms with Crippen LogP contribution in [0.25, 0.3) is 10.2 Å². The maximum absolute atomic E-state index is 12.8. The van der Waals surface area contributed by atoms with Crippen molar-refractivity contribution in [3.05, 3.63) is 70.2 Å². The molecule has 0 bridgehead atoms. The van der Waals surface area contributed by atoms with Gasteiger partial charge < -0.3 is 5.32 Å². The Morgan fingerprint density at radius 3 is 2.65 bits per heavy atom. The van der Waals surface area contributed by atoms with Gasteiger partial charge in [-0.2, -0.15) is 13.2 Å². The predicted molar refractivity (Wildman–Crippen MR) is 113 cm³/mol. The van der Waals surface area contributed by atoms with Gasteiger partial charge in [-0.25, -0.2) is 9.97 Å². The van der Waals surface area contributed by atoms with Crippen LogP contribution < -0.4 is 10.6 Å². The maximum Gasteiger partial charge on any atom is 0.416 e. The molecule has 0 saturated carbocycles. The summed E-state index contributed by atoms with van der Waals surface area (Å²) in [6.45, 7) is 0. The van der Waals surface area contributed by atoms with E-state index in [1.54, 1.807) is 29.1 Å². The van der Waals surface area contributed by atoms with Gasteiger partial charge in [0.15, 0.2) is 5.13 Å². The first-order valence-corrected chi connectivity index (χ1v) is 10.6. The van der Waals surface area contributed by atoms with E-state index in [2.05, 4.69) is 20.6 Å². The lowest BCUT2D eigenvalue weighted by molar-refractivity contribution is -0.137. The molecule has 2 aromatic heterocycles. The number of amides is 2. The molecule has 2 heterocycles. The number of thiazole rings is 2. The van der Waals surface area contributed by atoms with Crippen molar-refractivity contribution in [2.24, 2.45) is 0 Å². The third-order valence-electron chi connectivity index (χ3n) is 4.18. The number of carbonyl (C=O) groups excluding carboxylic acids is 2. The maximum atomic E-state index is 12.8. The molecule has 2 aromatic carbocycles. The Kier molecular flexibility index (Phi) is 5.70. The van der Waals surface area contributed by atoms with Crippen molar-refractivity contribution < 1.29 is 22.8 Å². The van der Waals surface area contributed by atoms with Crippen LogP contribution in [0.4, 0.5) is 24.0 Å². The number of fused-ring (bicyclic) bond motifs is 1. The molecule has 0 aliphatic carbocycles. The lowest BCUT2D eigenvalue weighted by Gasteiger charge is -2.09. The Labute approximate surface area is 181 Å². The van der Waals surface area contributed by atoms with E-state index in [0.29, 0.717) is 22.0 Å². The predicted octanol–water partition coefficient (Wildman–Crippen LogP) is 5.21. The van der Waals surface area contributed by atoms with Gasteiger partial charge in [0.1, 0.15) is 5.69 Å². The molecule has 0 saturated heterocycles. The highest BCUT2D eigenvalue weighted by atomic mass is 32.1. The van der Waals surface area contributed by atoms with Gasteiger partial charge in [-0.1, -0.05) is 29.5 Å². The number of alkyl halides is 3. The van der Waals surface area contributed by atoms with E-state index in [0.717, 1.165) is 16.8 Å². The fourth-order valence-corrected chi connectivity index (χ4v) is 4.22. The quantitative estimate of drug-likeness (QED) is 0.427. The molecule has 0 fully saturated rings. The van der Waals surface area contributed by atoms with E-state index in [-0.39, 0.29) is 17.9 Å². The molecule has 0 unspecified atom stereocenters. The number of aromatic nitrogens is 2. The molecule has 0 spiro atoms. The monoisotopic (exact) mass is 462 g/mol. The molecule has 6 nitrogen and oxygen atoms in total. The van der Waals surface area contributed by atoms with E-state index in [1.165, 1.54) is 34.8 Å².